The van der Waals surface area contributed by atoms with Gasteiger partial charge in [0.15, 0.2) is 6.29 Å². The Labute approximate surface area is 98.7 Å². The molecule has 0 saturated carbocycles. The minimum absolute atomic E-state index is 0.744. The van der Waals surface area contributed by atoms with Gasteiger partial charge in [0.05, 0.1) is 4.88 Å². The van der Waals surface area contributed by atoms with E-state index in [0.717, 1.165) is 39.3 Å². The Kier molecular flexibility index (Phi) is 3.06. The normalized spacial score (nSPS) is 10.3. The third-order valence-corrected chi connectivity index (χ3v) is 3.61. The first-order chi connectivity index (χ1) is 7.74. The highest BCUT2D eigenvalue weighted by molar-refractivity contribution is 7.17. The molecule has 0 unspecified atom stereocenters. The second kappa shape index (κ2) is 4.49. The average Bonchev–Trinajstić information content (AvgIpc) is 2.77. The van der Waals surface area contributed by atoms with E-state index in [4.69, 9.17) is 5.73 Å². The summed E-state index contributed by atoms with van der Waals surface area (Å²) in [6.45, 7) is 2.08. The van der Waals surface area contributed by atoms with E-state index in [2.05, 4.69) is 13.0 Å². The van der Waals surface area contributed by atoms with Crippen molar-refractivity contribution in [3.63, 3.8) is 0 Å². The molecule has 2 nitrogen and oxygen atoms in total. The predicted octanol–water partition coefficient (Wildman–Crippen LogP) is 3.37. The van der Waals surface area contributed by atoms with Crippen LogP contribution in [0.25, 0.3) is 10.4 Å². The first-order valence-corrected chi connectivity index (χ1v) is 6.00. The first-order valence-electron chi connectivity index (χ1n) is 5.18. The molecule has 1 heterocycles. The van der Waals surface area contributed by atoms with E-state index < -0.39 is 0 Å². The minimum atomic E-state index is 0.744. The van der Waals surface area contributed by atoms with Gasteiger partial charge in [-0.15, -0.1) is 11.3 Å². The molecule has 0 spiro atoms. The fourth-order valence-corrected chi connectivity index (χ4v) is 2.46. The van der Waals surface area contributed by atoms with Gasteiger partial charge in [0.2, 0.25) is 0 Å². The number of nitrogen functional groups attached to an aromatic ring is 1. The lowest BCUT2D eigenvalue weighted by Crippen LogP contribution is -1.92. The van der Waals surface area contributed by atoms with Crippen molar-refractivity contribution in [2.45, 2.75) is 13.3 Å². The number of benzene rings is 1. The smallest absolute Gasteiger partial charge is 0.160 e. The van der Waals surface area contributed by atoms with Crippen LogP contribution >= 0.6 is 11.3 Å². The maximum Gasteiger partial charge on any atom is 0.160 e. The summed E-state index contributed by atoms with van der Waals surface area (Å²) in [4.78, 5) is 12.4. The maximum absolute atomic E-state index is 10.6. The van der Waals surface area contributed by atoms with E-state index in [1.807, 2.05) is 24.3 Å². The van der Waals surface area contributed by atoms with Crippen LogP contribution < -0.4 is 5.73 Å². The zero-order valence-electron chi connectivity index (χ0n) is 9.07. The number of nitrogens with two attached hydrogens (primary N) is 1. The van der Waals surface area contributed by atoms with Gasteiger partial charge in [0.25, 0.3) is 0 Å². The van der Waals surface area contributed by atoms with Gasteiger partial charge in [-0.2, -0.15) is 0 Å². The molecular formula is C13H13NOS. The molecule has 0 atom stereocenters. The molecule has 0 amide bonds. The molecule has 2 aromatic rings. The molecule has 3 heteroatoms. The summed E-state index contributed by atoms with van der Waals surface area (Å²) >= 11 is 1.48. The van der Waals surface area contributed by atoms with E-state index in [9.17, 15) is 4.79 Å². The van der Waals surface area contributed by atoms with Gasteiger partial charge in [-0.25, -0.2) is 0 Å². The number of carbonyl (C=O) groups is 1. The SMILES string of the molecule is CCc1ccc(-c2ccc(C=O)s2)cc1N. The van der Waals surface area contributed by atoms with Crippen molar-refractivity contribution < 1.29 is 4.79 Å². The third-order valence-electron chi connectivity index (χ3n) is 2.55. The van der Waals surface area contributed by atoms with Crippen LogP contribution in [-0.4, -0.2) is 6.29 Å². The number of aldehydes is 1. The van der Waals surface area contributed by atoms with Crippen LogP contribution in [0.15, 0.2) is 30.3 Å². The second-order valence-electron chi connectivity index (χ2n) is 3.59. The highest BCUT2D eigenvalue weighted by Gasteiger charge is 2.04. The number of rotatable bonds is 3. The summed E-state index contributed by atoms with van der Waals surface area (Å²) < 4.78 is 0. The lowest BCUT2D eigenvalue weighted by molar-refractivity contribution is 0.112. The van der Waals surface area contributed by atoms with E-state index in [-0.39, 0.29) is 0 Å². The molecule has 16 heavy (non-hydrogen) atoms. The Morgan fingerprint density at radius 1 is 1.31 bits per heavy atom. The van der Waals surface area contributed by atoms with Crippen molar-refractivity contribution in [1.29, 1.82) is 0 Å². The second-order valence-corrected chi connectivity index (χ2v) is 4.70. The largest absolute Gasteiger partial charge is 0.398 e. The molecule has 0 radical (unpaired) electrons. The Morgan fingerprint density at radius 3 is 2.69 bits per heavy atom. The Bertz CT molecular complexity index is 516. The molecule has 0 fully saturated rings. The van der Waals surface area contributed by atoms with Crippen LogP contribution in [0.1, 0.15) is 22.2 Å². The zero-order valence-corrected chi connectivity index (χ0v) is 9.88. The molecule has 0 saturated heterocycles. The van der Waals surface area contributed by atoms with Crippen LogP contribution in [0.4, 0.5) is 5.69 Å². The van der Waals surface area contributed by atoms with E-state index in [0.29, 0.717) is 0 Å². The van der Waals surface area contributed by atoms with Crippen molar-refractivity contribution in [2.24, 2.45) is 0 Å². The molecule has 82 valence electrons. The van der Waals surface area contributed by atoms with Crippen molar-refractivity contribution in [3.05, 3.63) is 40.8 Å². The van der Waals surface area contributed by atoms with E-state index in [1.165, 1.54) is 11.3 Å². The van der Waals surface area contributed by atoms with Crippen LogP contribution in [0.2, 0.25) is 0 Å². The zero-order chi connectivity index (χ0) is 11.5. The van der Waals surface area contributed by atoms with Crippen LogP contribution in [0.3, 0.4) is 0 Å². The molecule has 0 aliphatic carbocycles. The van der Waals surface area contributed by atoms with Crippen LogP contribution in [0, 0.1) is 0 Å². The van der Waals surface area contributed by atoms with Gasteiger partial charge in [0.1, 0.15) is 0 Å². The summed E-state index contributed by atoms with van der Waals surface area (Å²) in [7, 11) is 0. The minimum Gasteiger partial charge on any atom is -0.398 e. The number of hydrogen-bond acceptors (Lipinski definition) is 3. The van der Waals surface area contributed by atoms with Gasteiger partial charge in [0, 0.05) is 10.6 Å². The van der Waals surface area contributed by atoms with Gasteiger partial charge >= 0.3 is 0 Å². The predicted molar refractivity (Wildman–Crippen MR) is 68.9 cm³/mol. The van der Waals surface area contributed by atoms with Crippen molar-refractivity contribution in [3.8, 4) is 10.4 Å². The molecule has 1 aromatic heterocycles. The summed E-state index contributed by atoms with van der Waals surface area (Å²) in [5, 5.41) is 0. The lowest BCUT2D eigenvalue weighted by Gasteiger charge is -2.04. The van der Waals surface area contributed by atoms with Crippen molar-refractivity contribution in [2.75, 3.05) is 5.73 Å². The molecule has 2 N–H and O–H groups in total. The van der Waals surface area contributed by atoms with Gasteiger partial charge in [-0.3, -0.25) is 4.79 Å². The summed E-state index contributed by atoms with van der Waals surface area (Å²) in [6.07, 6.45) is 1.81. The molecule has 2 rings (SSSR count). The van der Waals surface area contributed by atoms with Crippen molar-refractivity contribution >= 4 is 23.3 Å². The topological polar surface area (TPSA) is 43.1 Å². The van der Waals surface area contributed by atoms with Gasteiger partial charge in [-0.1, -0.05) is 19.1 Å². The molecular weight excluding hydrogens is 218 g/mol. The number of thiophene rings is 1. The highest BCUT2D eigenvalue weighted by Crippen LogP contribution is 2.29. The summed E-state index contributed by atoms with van der Waals surface area (Å²) in [6, 6.07) is 9.85. The lowest BCUT2D eigenvalue weighted by atomic mass is 10.1. The molecule has 0 aliphatic heterocycles. The fourth-order valence-electron chi connectivity index (χ4n) is 1.64. The summed E-state index contributed by atoms with van der Waals surface area (Å²) in [5.74, 6) is 0. The van der Waals surface area contributed by atoms with Gasteiger partial charge < -0.3 is 5.73 Å². The first kappa shape index (κ1) is 10.9. The Balaban J connectivity index is 2.40. The maximum atomic E-state index is 10.6. The molecule has 1 aromatic carbocycles. The number of hydrogen-bond donors (Lipinski definition) is 1. The van der Waals surface area contributed by atoms with Gasteiger partial charge in [-0.05, 0) is 35.7 Å². The Hall–Kier alpha value is -1.61. The van der Waals surface area contributed by atoms with Crippen LogP contribution in [0.5, 0.6) is 0 Å². The van der Waals surface area contributed by atoms with Crippen molar-refractivity contribution in [1.82, 2.24) is 0 Å². The van der Waals surface area contributed by atoms with Crippen LogP contribution in [-0.2, 0) is 6.42 Å². The average molecular weight is 231 g/mol. The third kappa shape index (κ3) is 1.99. The number of carbonyl (C=O) groups excluding carboxylic acids is 1. The molecule has 0 aliphatic rings. The molecule has 0 bridgehead atoms. The quantitative estimate of drug-likeness (QED) is 0.650. The summed E-state index contributed by atoms with van der Waals surface area (Å²) in [5.41, 5.74) is 9.00. The fraction of sp³-hybridized carbons (Fsp3) is 0.154. The van der Waals surface area contributed by atoms with E-state index in [1.54, 1.807) is 0 Å². The number of anilines is 1. The Morgan fingerprint density at radius 2 is 2.12 bits per heavy atom. The monoisotopic (exact) mass is 231 g/mol. The van der Waals surface area contributed by atoms with E-state index >= 15 is 0 Å². The number of aryl methyl sites for hydroxylation is 1. The standard InChI is InChI=1S/C13H13NOS/c1-2-9-3-4-10(7-12(9)14)13-6-5-11(8-15)16-13/h3-8H,2,14H2,1H3. The highest BCUT2D eigenvalue weighted by atomic mass is 32.1.